The first-order valence-electron chi connectivity index (χ1n) is 7.73. The second kappa shape index (κ2) is 6.90. The van der Waals surface area contributed by atoms with Crippen LogP contribution in [-0.2, 0) is 17.6 Å². The largest absolute Gasteiger partial charge is 0.461 e. The summed E-state index contributed by atoms with van der Waals surface area (Å²) in [4.78, 5) is 11.8. The van der Waals surface area contributed by atoms with Gasteiger partial charge in [-0.1, -0.05) is 39.8 Å². The van der Waals surface area contributed by atoms with Crippen molar-refractivity contribution in [3.8, 4) is 0 Å². The van der Waals surface area contributed by atoms with E-state index in [1.165, 1.54) is 0 Å². The fourth-order valence-electron chi connectivity index (χ4n) is 2.25. The Hall–Kier alpha value is -1.61. The molecule has 3 nitrogen and oxygen atoms in total. The lowest BCUT2D eigenvalue weighted by Crippen LogP contribution is -2.24. The lowest BCUT2D eigenvalue weighted by atomic mass is 10.0. The first-order valence-corrected chi connectivity index (χ1v) is 7.73. The average Bonchev–Trinajstić information content (AvgIpc) is 2.80. The molecule has 0 radical (unpaired) electrons. The molecule has 0 unspecified atom stereocenters. The summed E-state index contributed by atoms with van der Waals surface area (Å²) in [6.07, 6.45) is 1.37. The molecule has 21 heavy (non-hydrogen) atoms. The normalized spacial score (nSPS) is 11.7. The molecule has 0 amide bonds. The Labute approximate surface area is 126 Å². The molecule has 0 fully saturated rings. The highest BCUT2D eigenvalue weighted by Crippen LogP contribution is 2.22. The Morgan fingerprint density at radius 1 is 1.19 bits per heavy atom. The van der Waals surface area contributed by atoms with Crippen molar-refractivity contribution in [2.75, 3.05) is 6.54 Å². The van der Waals surface area contributed by atoms with Crippen molar-refractivity contribution in [3.05, 3.63) is 35.6 Å². The fourth-order valence-corrected chi connectivity index (χ4v) is 2.25. The number of furan rings is 1. The van der Waals surface area contributed by atoms with E-state index in [1.54, 1.807) is 0 Å². The van der Waals surface area contributed by atoms with Crippen LogP contribution in [0.4, 0.5) is 0 Å². The molecule has 0 aliphatic rings. The second-order valence-corrected chi connectivity index (χ2v) is 6.24. The summed E-state index contributed by atoms with van der Waals surface area (Å²) in [7, 11) is 0. The smallest absolute Gasteiger partial charge is 0.139 e. The number of fused-ring (bicyclic) bond motifs is 1. The molecule has 3 heteroatoms. The molecule has 1 aromatic carbocycles. The maximum Gasteiger partial charge on any atom is 0.139 e. The van der Waals surface area contributed by atoms with Gasteiger partial charge in [0.2, 0.25) is 0 Å². The first-order chi connectivity index (χ1) is 9.95. The van der Waals surface area contributed by atoms with Gasteiger partial charge in [0.15, 0.2) is 0 Å². The Balaban J connectivity index is 2.07. The Kier molecular flexibility index (Phi) is 5.18. The highest BCUT2D eigenvalue weighted by molar-refractivity contribution is 5.85. The van der Waals surface area contributed by atoms with Gasteiger partial charge in [-0.3, -0.25) is 4.79 Å². The highest BCUT2D eigenvalue weighted by atomic mass is 16.3. The van der Waals surface area contributed by atoms with Crippen LogP contribution in [-0.4, -0.2) is 18.4 Å². The third-order valence-corrected chi connectivity index (χ3v) is 3.58. The Bertz CT molecular complexity index is 611. The van der Waals surface area contributed by atoms with Crippen LogP contribution >= 0.6 is 0 Å². The summed E-state index contributed by atoms with van der Waals surface area (Å²) in [6, 6.07) is 8.64. The SMILES string of the molecule is CC(C)NCCc1cc2ccc(CC(=O)C(C)C)cc2o1. The summed E-state index contributed by atoms with van der Waals surface area (Å²) in [5.74, 6) is 1.34. The van der Waals surface area contributed by atoms with Crippen molar-refractivity contribution >= 4 is 16.8 Å². The maximum absolute atomic E-state index is 11.8. The van der Waals surface area contributed by atoms with Gasteiger partial charge in [-0.05, 0) is 17.7 Å². The predicted molar refractivity (Wildman–Crippen MR) is 86.6 cm³/mol. The molecule has 0 spiro atoms. The van der Waals surface area contributed by atoms with Gasteiger partial charge in [0.25, 0.3) is 0 Å². The molecular weight excluding hydrogens is 262 g/mol. The topological polar surface area (TPSA) is 42.2 Å². The number of benzene rings is 1. The first kappa shape index (κ1) is 15.8. The van der Waals surface area contributed by atoms with Crippen molar-refractivity contribution in [1.29, 1.82) is 0 Å². The lowest BCUT2D eigenvalue weighted by molar-refractivity contribution is -0.121. The van der Waals surface area contributed by atoms with E-state index in [4.69, 9.17) is 4.42 Å². The van der Waals surface area contributed by atoms with Gasteiger partial charge >= 0.3 is 0 Å². The number of ketones is 1. The molecule has 114 valence electrons. The molecule has 2 rings (SSSR count). The van der Waals surface area contributed by atoms with Gasteiger partial charge in [0, 0.05) is 36.7 Å². The number of hydrogen-bond acceptors (Lipinski definition) is 3. The Morgan fingerprint density at radius 3 is 2.62 bits per heavy atom. The summed E-state index contributed by atoms with van der Waals surface area (Å²) in [5.41, 5.74) is 1.91. The average molecular weight is 287 g/mol. The zero-order valence-corrected chi connectivity index (χ0v) is 13.4. The monoisotopic (exact) mass is 287 g/mol. The van der Waals surface area contributed by atoms with Gasteiger partial charge in [-0.25, -0.2) is 0 Å². The van der Waals surface area contributed by atoms with Crippen molar-refractivity contribution in [1.82, 2.24) is 5.32 Å². The number of hydrogen-bond donors (Lipinski definition) is 1. The predicted octanol–water partition coefficient (Wildman–Crippen LogP) is 3.74. The van der Waals surface area contributed by atoms with Crippen LogP contribution in [0, 0.1) is 5.92 Å². The van der Waals surface area contributed by atoms with E-state index in [-0.39, 0.29) is 11.7 Å². The zero-order chi connectivity index (χ0) is 15.4. The third-order valence-electron chi connectivity index (χ3n) is 3.58. The molecule has 0 atom stereocenters. The van der Waals surface area contributed by atoms with Crippen LogP contribution < -0.4 is 5.32 Å². The molecule has 2 aromatic rings. The minimum absolute atomic E-state index is 0.0787. The van der Waals surface area contributed by atoms with Crippen LogP contribution in [0.2, 0.25) is 0 Å². The molecular formula is C18H25NO2. The number of Topliss-reactive ketones (excluding diaryl/α,β-unsaturated/α-hetero) is 1. The number of carbonyl (C=O) groups is 1. The van der Waals surface area contributed by atoms with E-state index in [0.29, 0.717) is 12.5 Å². The summed E-state index contributed by atoms with van der Waals surface area (Å²) < 4.78 is 5.88. The summed E-state index contributed by atoms with van der Waals surface area (Å²) >= 11 is 0. The van der Waals surface area contributed by atoms with E-state index in [9.17, 15) is 4.79 Å². The van der Waals surface area contributed by atoms with Gasteiger partial charge in [0.05, 0.1) is 0 Å². The van der Waals surface area contributed by atoms with Crippen LogP contribution in [0.1, 0.15) is 39.0 Å². The molecule has 0 saturated heterocycles. The number of carbonyl (C=O) groups excluding carboxylic acids is 1. The molecule has 0 aliphatic heterocycles. The van der Waals surface area contributed by atoms with Gasteiger partial charge in [-0.15, -0.1) is 0 Å². The van der Waals surface area contributed by atoms with Crippen LogP contribution in [0.5, 0.6) is 0 Å². The highest BCUT2D eigenvalue weighted by Gasteiger charge is 2.10. The molecule has 0 bridgehead atoms. The van der Waals surface area contributed by atoms with E-state index >= 15 is 0 Å². The van der Waals surface area contributed by atoms with Crippen LogP contribution in [0.15, 0.2) is 28.7 Å². The van der Waals surface area contributed by atoms with Crippen molar-refractivity contribution < 1.29 is 9.21 Å². The fraction of sp³-hybridized carbons (Fsp3) is 0.500. The maximum atomic E-state index is 11.8. The molecule has 1 heterocycles. The number of nitrogens with one attached hydrogen (secondary N) is 1. The van der Waals surface area contributed by atoms with Crippen molar-refractivity contribution in [3.63, 3.8) is 0 Å². The molecule has 1 aromatic heterocycles. The molecule has 1 N–H and O–H groups in total. The minimum atomic E-state index is 0.0787. The van der Waals surface area contributed by atoms with E-state index in [2.05, 4.69) is 25.2 Å². The lowest BCUT2D eigenvalue weighted by Gasteiger charge is -2.05. The van der Waals surface area contributed by atoms with E-state index in [1.807, 2.05) is 32.0 Å². The van der Waals surface area contributed by atoms with E-state index < -0.39 is 0 Å². The summed E-state index contributed by atoms with van der Waals surface area (Å²) in [6.45, 7) is 9.06. The zero-order valence-electron chi connectivity index (χ0n) is 13.4. The third kappa shape index (κ3) is 4.43. The van der Waals surface area contributed by atoms with Gasteiger partial charge < -0.3 is 9.73 Å². The quantitative estimate of drug-likeness (QED) is 0.843. The minimum Gasteiger partial charge on any atom is -0.461 e. The molecule has 0 saturated carbocycles. The van der Waals surface area contributed by atoms with Crippen LogP contribution in [0.3, 0.4) is 0 Å². The van der Waals surface area contributed by atoms with Crippen molar-refractivity contribution in [2.45, 2.75) is 46.6 Å². The summed E-state index contributed by atoms with van der Waals surface area (Å²) in [5, 5.41) is 4.49. The molecule has 0 aliphatic carbocycles. The second-order valence-electron chi connectivity index (χ2n) is 6.24. The Morgan fingerprint density at radius 2 is 1.95 bits per heavy atom. The van der Waals surface area contributed by atoms with Gasteiger partial charge in [-0.2, -0.15) is 0 Å². The number of rotatable bonds is 7. The van der Waals surface area contributed by atoms with Gasteiger partial charge in [0.1, 0.15) is 17.1 Å². The van der Waals surface area contributed by atoms with E-state index in [0.717, 1.165) is 35.3 Å². The van der Waals surface area contributed by atoms with Crippen LogP contribution in [0.25, 0.3) is 11.0 Å². The van der Waals surface area contributed by atoms with Crippen molar-refractivity contribution in [2.24, 2.45) is 5.92 Å². The standard InChI is InChI=1S/C18H25NO2/c1-12(2)17(20)9-14-5-6-15-11-16(21-18(15)10-14)7-8-19-13(3)4/h5-6,10-13,19H,7-9H2,1-4H3.